The number of likely N-dealkylation sites (N-methyl/N-ethyl adjacent to an activating group) is 2. The normalized spacial score (nSPS) is 22.7. The maximum atomic E-state index is 4.49. The fraction of sp³-hybridized carbons (Fsp3) is 0.706. The van der Waals surface area contributed by atoms with Crippen molar-refractivity contribution in [1.82, 2.24) is 15.2 Å². The molecule has 1 atom stereocenters. The standard InChI is InChI=1S/C17H28N4/c1-13-9-17(14(10-18-13)11-19-15-6-7-15)21(3)12-16-5-4-8-20(16)2/h9-10,15-16,19H,4-8,11-12H2,1-3H3. The molecule has 0 aromatic carbocycles. The quantitative estimate of drug-likeness (QED) is 0.869. The third kappa shape index (κ3) is 3.74. The molecule has 21 heavy (non-hydrogen) atoms. The number of hydrogen-bond donors (Lipinski definition) is 1. The lowest BCUT2D eigenvalue weighted by molar-refractivity contribution is 0.314. The maximum absolute atomic E-state index is 4.49. The van der Waals surface area contributed by atoms with E-state index in [1.165, 1.54) is 43.5 Å². The third-order valence-electron chi connectivity index (χ3n) is 4.82. The van der Waals surface area contributed by atoms with Crippen molar-refractivity contribution in [2.45, 2.75) is 51.2 Å². The molecular formula is C17H28N4. The molecule has 4 nitrogen and oxygen atoms in total. The Bertz CT molecular complexity index is 484. The van der Waals surface area contributed by atoms with Gasteiger partial charge in [0.05, 0.1) is 0 Å². The van der Waals surface area contributed by atoms with E-state index in [1.807, 2.05) is 0 Å². The summed E-state index contributed by atoms with van der Waals surface area (Å²) in [6.07, 6.45) is 7.37. The smallest absolute Gasteiger partial charge is 0.0443 e. The van der Waals surface area contributed by atoms with Gasteiger partial charge in [0.25, 0.3) is 0 Å². The van der Waals surface area contributed by atoms with Gasteiger partial charge in [0.2, 0.25) is 0 Å². The molecule has 1 aliphatic carbocycles. The molecule has 1 N–H and O–H groups in total. The van der Waals surface area contributed by atoms with Crippen molar-refractivity contribution in [3.05, 3.63) is 23.5 Å². The Morgan fingerprint density at radius 3 is 2.86 bits per heavy atom. The molecule has 0 amide bonds. The van der Waals surface area contributed by atoms with Crippen molar-refractivity contribution in [1.29, 1.82) is 0 Å². The molecule has 0 radical (unpaired) electrons. The van der Waals surface area contributed by atoms with Crippen LogP contribution in [0.5, 0.6) is 0 Å². The molecule has 2 fully saturated rings. The van der Waals surface area contributed by atoms with Crippen LogP contribution in [0.15, 0.2) is 12.3 Å². The van der Waals surface area contributed by atoms with Crippen molar-refractivity contribution in [3.8, 4) is 0 Å². The summed E-state index contributed by atoms with van der Waals surface area (Å²) < 4.78 is 0. The van der Waals surface area contributed by atoms with Crippen molar-refractivity contribution in [3.63, 3.8) is 0 Å². The van der Waals surface area contributed by atoms with Gasteiger partial charge in [0, 0.05) is 55.4 Å². The highest BCUT2D eigenvalue weighted by molar-refractivity contribution is 5.53. The Morgan fingerprint density at radius 1 is 1.38 bits per heavy atom. The maximum Gasteiger partial charge on any atom is 0.0443 e. The van der Waals surface area contributed by atoms with Crippen LogP contribution in [-0.4, -0.2) is 49.2 Å². The summed E-state index contributed by atoms with van der Waals surface area (Å²) in [6.45, 7) is 5.37. The van der Waals surface area contributed by atoms with E-state index in [0.29, 0.717) is 6.04 Å². The lowest BCUT2D eigenvalue weighted by Crippen LogP contribution is -2.37. The van der Waals surface area contributed by atoms with Crippen molar-refractivity contribution < 1.29 is 0 Å². The average Bonchev–Trinajstić information content (AvgIpc) is 3.21. The second-order valence-electron chi connectivity index (χ2n) is 6.77. The molecule has 1 saturated carbocycles. The minimum atomic E-state index is 0.688. The van der Waals surface area contributed by atoms with E-state index >= 15 is 0 Å². The van der Waals surface area contributed by atoms with Crippen LogP contribution in [0.1, 0.15) is 36.9 Å². The molecule has 2 heterocycles. The zero-order valence-corrected chi connectivity index (χ0v) is 13.6. The number of aromatic nitrogens is 1. The number of nitrogens with one attached hydrogen (secondary N) is 1. The summed E-state index contributed by atoms with van der Waals surface area (Å²) in [5.74, 6) is 0. The van der Waals surface area contributed by atoms with Crippen LogP contribution < -0.4 is 10.2 Å². The third-order valence-corrected chi connectivity index (χ3v) is 4.82. The molecule has 116 valence electrons. The topological polar surface area (TPSA) is 31.4 Å². The van der Waals surface area contributed by atoms with Gasteiger partial charge in [-0.25, -0.2) is 0 Å². The van der Waals surface area contributed by atoms with Gasteiger partial charge in [-0.1, -0.05) is 0 Å². The first-order valence-corrected chi connectivity index (χ1v) is 8.24. The Kier molecular flexibility index (Phi) is 4.45. The fourth-order valence-electron chi connectivity index (χ4n) is 3.23. The number of anilines is 1. The molecule has 1 aliphatic heterocycles. The largest absolute Gasteiger partial charge is 0.373 e. The Labute approximate surface area is 128 Å². The number of likely N-dealkylation sites (tertiary alicyclic amines) is 1. The number of rotatable bonds is 6. The molecule has 1 saturated heterocycles. The molecule has 0 spiro atoms. The summed E-state index contributed by atoms with van der Waals surface area (Å²) in [4.78, 5) is 9.40. The SMILES string of the molecule is Cc1cc(N(C)CC2CCCN2C)c(CNC2CC2)cn1. The van der Waals surface area contributed by atoms with Crippen LogP contribution in [0.2, 0.25) is 0 Å². The first kappa shape index (κ1) is 14.8. The second-order valence-corrected chi connectivity index (χ2v) is 6.77. The molecule has 0 bridgehead atoms. The number of hydrogen-bond acceptors (Lipinski definition) is 4. The second kappa shape index (κ2) is 6.32. The summed E-state index contributed by atoms with van der Waals surface area (Å²) in [6, 6.07) is 3.66. The van der Waals surface area contributed by atoms with Crippen molar-refractivity contribution >= 4 is 5.69 Å². The van der Waals surface area contributed by atoms with Crippen LogP contribution in [0.25, 0.3) is 0 Å². The summed E-state index contributed by atoms with van der Waals surface area (Å²) in [5.41, 5.74) is 3.78. The van der Waals surface area contributed by atoms with E-state index in [0.717, 1.165) is 24.8 Å². The van der Waals surface area contributed by atoms with Gasteiger partial charge < -0.3 is 15.1 Å². The zero-order chi connectivity index (χ0) is 14.8. The molecule has 4 heteroatoms. The monoisotopic (exact) mass is 288 g/mol. The predicted molar refractivity (Wildman–Crippen MR) is 87.8 cm³/mol. The Balaban J connectivity index is 1.69. The van der Waals surface area contributed by atoms with Crippen LogP contribution in [-0.2, 0) is 6.54 Å². The van der Waals surface area contributed by atoms with Crippen LogP contribution in [0.3, 0.4) is 0 Å². The van der Waals surface area contributed by atoms with Crippen molar-refractivity contribution in [2.24, 2.45) is 0 Å². The predicted octanol–water partition coefficient (Wildman–Crippen LogP) is 2.17. The summed E-state index contributed by atoms with van der Waals surface area (Å²) in [5, 5.41) is 3.61. The highest BCUT2D eigenvalue weighted by Gasteiger charge is 2.24. The van der Waals surface area contributed by atoms with E-state index < -0.39 is 0 Å². The zero-order valence-electron chi connectivity index (χ0n) is 13.6. The average molecular weight is 288 g/mol. The van der Waals surface area contributed by atoms with Gasteiger partial charge in [-0.2, -0.15) is 0 Å². The summed E-state index contributed by atoms with van der Waals surface area (Å²) >= 11 is 0. The molecule has 3 rings (SSSR count). The minimum absolute atomic E-state index is 0.688. The van der Waals surface area contributed by atoms with E-state index in [1.54, 1.807) is 0 Å². The lowest BCUT2D eigenvalue weighted by atomic mass is 10.1. The summed E-state index contributed by atoms with van der Waals surface area (Å²) in [7, 11) is 4.47. The number of nitrogens with zero attached hydrogens (tertiary/aromatic N) is 3. The molecule has 1 aromatic rings. The van der Waals surface area contributed by atoms with Crippen LogP contribution in [0.4, 0.5) is 5.69 Å². The van der Waals surface area contributed by atoms with Gasteiger partial charge in [0.15, 0.2) is 0 Å². The van der Waals surface area contributed by atoms with E-state index in [4.69, 9.17) is 0 Å². The van der Waals surface area contributed by atoms with Crippen LogP contribution >= 0.6 is 0 Å². The van der Waals surface area contributed by atoms with E-state index in [-0.39, 0.29) is 0 Å². The van der Waals surface area contributed by atoms with Gasteiger partial charge in [-0.3, -0.25) is 4.98 Å². The minimum Gasteiger partial charge on any atom is -0.373 e. The number of pyridine rings is 1. The molecule has 2 aliphatic rings. The fourth-order valence-corrected chi connectivity index (χ4v) is 3.23. The Morgan fingerprint density at radius 2 is 2.19 bits per heavy atom. The molecular weight excluding hydrogens is 260 g/mol. The van der Waals surface area contributed by atoms with Gasteiger partial charge in [-0.05, 0) is 52.3 Å². The molecule has 1 aromatic heterocycles. The van der Waals surface area contributed by atoms with Gasteiger partial charge in [0.1, 0.15) is 0 Å². The lowest BCUT2D eigenvalue weighted by Gasteiger charge is -2.29. The van der Waals surface area contributed by atoms with Gasteiger partial charge >= 0.3 is 0 Å². The first-order valence-electron chi connectivity index (χ1n) is 8.24. The van der Waals surface area contributed by atoms with Crippen LogP contribution in [0, 0.1) is 6.92 Å². The highest BCUT2D eigenvalue weighted by atomic mass is 15.2. The number of aryl methyl sites for hydroxylation is 1. The highest BCUT2D eigenvalue weighted by Crippen LogP contribution is 2.25. The molecule has 1 unspecified atom stereocenters. The van der Waals surface area contributed by atoms with E-state index in [9.17, 15) is 0 Å². The van der Waals surface area contributed by atoms with E-state index in [2.05, 4.69) is 53.4 Å². The Hall–Kier alpha value is -1.13. The van der Waals surface area contributed by atoms with Gasteiger partial charge in [-0.15, -0.1) is 0 Å². The first-order chi connectivity index (χ1) is 10.1. The van der Waals surface area contributed by atoms with Crippen molar-refractivity contribution in [2.75, 3.05) is 32.1 Å².